The molecule has 1 aliphatic rings. The SMILES string of the molecule is CC(N)C1(CC(=O)O)CCC(C)(C)CC1. The first kappa shape index (κ1) is 12.5. The minimum atomic E-state index is -0.716. The van der Waals surface area contributed by atoms with Crippen molar-refractivity contribution >= 4 is 5.97 Å². The second-order valence-corrected chi connectivity index (χ2v) is 5.89. The number of rotatable bonds is 3. The van der Waals surface area contributed by atoms with Crippen LogP contribution in [-0.2, 0) is 4.79 Å². The van der Waals surface area contributed by atoms with Crippen LogP contribution >= 0.6 is 0 Å². The molecule has 3 heteroatoms. The third kappa shape index (κ3) is 2.94. The molecule has 1 aliphatic carbocycles. The van der Waals surface area contributed by atoms with Crippen LogP contribution in [0.2, 0.25) is 0 Å². The van der Waals surface area contributed by atoms with E-state index in [4.69, 9.17) is 10.8 Å². The molecule has 0 bridgehead atoms. The average Bonchev–Trinajstić information content (AvgIpc) is 2.08. The highest BCUT2D eigenvalue weighted by Crippen LogP contribution is 2.48. The number of hydrogen-bond donors (Lipinski definition) is 2. The van der Waals surface area contributed by atoms with Gasteiger partial charge in [0.15, 0.2) is 0 Å². The summed E-state index contributed by atoms with van der Waals surface area (Å²) >= 11 is 0. The molecule has 88 valence electrons. The van der Waals surface area contributed by atoms with Gasteiger partial charge < -0.3 is 10.8 Å². The third-order valence-electron chi connectivity index (χ3n) is 4.07. The van der Waals surface area contributed by atoms with Gasteiger partial charge >= 0.3 is 5.97 Å². The van der Waals surface area contributed by atoms with Crippen molar-refractivity contribution in [2.75, 3.05) is 0 Å². The summed E-state index contributed by atoms with van der Waals surface area (Å²) in [5, 5.41) is 8.95. The molecule has 1 fully saturated rings. The first-order chi connectivity index (χ1) is 6.77. The Kier molecular flexibility index (Phi) is 3.44. The lowest BCUT2D eigenvalue weighted by molar-refractivity contribution is -0.141. The summed E-state index contributed by atoms with van der Waals surface area (Å²) in [5.41, 5.74) is 6.17. The standard InChI is InChI=1S/C12H23NO2/c1-9(13)12(8-10(14)15)6-4-11(2,3)5-7-12/h9H,4-8,13H2,1-3H3,(H,14,15). The van der Waals surface area contributed by atoms with Crippen LogP contribution in [0.15, 0.2) is 0 Å². The van der Waals surface area contributed by atoms with Gasteiger partial charge in [-0.05, 0) is 43.4 Å². The van der Waals surface area contributed by atoms with Crippen molar-refractivity contribution in [3.05, 3.63) is 0 Å². The maximum absolute atomic E-state index is 10.9. The molecule has 1 saturated carbocycles. The smallest absolute Gasteiger partial charge is 0.303 e. The van der Waals surface area contributed by atoms with E-state index in [1.807, 2.05) is 6.92 Å². The van der Waals surface area contributed by atoms with Crippen LogP contribution in [0, 0.1) is 10.8 Å². The fraction of sp³-hybridized carbons (Fsp3) is 0.917. The number of nitrogens with two attached hydrogens (primary N) is 1. The van der Waals surface area contributed by atoms with E-state index < -0.39 is 5.97 Å². The van der Waals surface area contributed by atoms with Gasteiger partial charge in [0, 0.05) is 6.04 Å². The summed E-state index contributed by atoms with van der Waals surface area (Å²) in [4.78, 5) is 10.9. The summed E-state index contributed by atoms with van der Waals surface area (Å²) < 4.78 is 0. The topological polar surface area (TPSA) is 63.3 Å². The molecule has 0 amide bonds. The quantitative estimate of drug-likeness (QED) is 0.756. The number of carboxylic acid groups (broad SMARTS) is 1. The van der Waals surface area contributed by atoms with Crippen molar-refractivity contribution in [1.29, 1.82) is 0 Å². The molecule has 0 radical (unpaired) electrons. The molecule has 0 aromatic carbocycles. The van der Waals surface area contributed by atoms with Crippen LogP contribution in [0.5, 0.6) is 0 Å². The Morgan fingerprint density at radius 1 is 1.33 bits per heavy atom. The van der Waals surface area contributed by atoms with E-state index in [9.17, 15) is 4.79 Å². The number of hydrogen-bond acceptors (Lipinski definition) is 2. The van der Waals surface area contributed by atoms with E-state index >= 15 is 0 Å². The van der Waals surface area contributed by atoms with E-state index in [0.717, 1.165) is 25.7 Å². The molecular formula is C12H23NO2. The van der Waals surface area contributed by atoms with Crippen LogP contribution < -0.4 is 5.73 Å². The summed E-state index contributed by atoms with van der Waals surface area (Å²) in [6.07, 6.45) is 4.29. The lowest BCUT2D eigenvalue weighted by atomic mass is 9.61. The second kappa shape index (κ2) is 4.12. The monoisotopic (exact) mass is 213 g/mol. The van der Waals surface area contributed by atoms with E-state index in [1.54, 1.807) is 0 Å². The van der Waals surface area contributed by atoms with Gasteiger partial charge in [-0.1, -0.05) is 13.8 Å². The molecular weight excluding hydrogens is 190 g/mol. The Bertz CT molecular complexity index is 236. The first-order valence-electron chi connectivity index (χ1n) is 5.75. The zero-order valence-electron chi connectivity index (χ0n) is 10.0. The maximum atomic E-state index is 10.9. The van der Waals surface area contributed by atoms with Gasteiger partial charge in [0.2, 0.25) is 0 Å². The average molecular weight is 213 g/mol. The highest BCUT2D eigenvalue weighted by molar-refractivity contribution is 5.67. The Morgan fingerprint density at radius 2 is 1.80 bits per heavy atom. The van der Waals surface area contributed by atoms with Gasteiger partial charge in [-0.25, -0.2) is 0 Å². The summed E-state index contributed by atoms with van der Waals surface area (Å²) in [7, 11) is 0. The Morgan fingerprint density at radius 3 is 2.13 bits per heavy atom. The normalized spacial score (nSPS) is 25.9. The van der Waals surface area contributed by atoms with Crippen LogP contribution in [-0.4, -0.2) is 17.1 Å². The molecule has 1 unspecified atom stereocenters. The summed E-state index contributed by atoms with van der Waals surface area (Å²) in [6.45, 7) is 6.44. The van der Waals surface area contributed by atoms with Crippen LogP contribution in [0.3, 0.4) is 0 Å². The maximum Gasteiger partial charge on any atom is 0.303 e. The Labute approximate surface area is 92.0 Å². The van der Waals surface area contributed by atoms with Crippen molar-refractivity contribution in [3.63, 3.8) is 0 Å². The van der Waals surface area contributed by atoms with E-state index in [0.29, 0.717) is 5.41 Å². The van der Waals surface area contributed by atoms with Crippen molar-refractivity contribution in [3.8, 4) is 0 Å². The molecule has 0 saturated heterocycles. The Balaban J connectivity index is 2.73. The van der Waals surface area contributed by atoms with Gasteiger partial charge in [0.05, 0.1) is 6.42 Å². The number of carboxylic acids is 1. The van der Waals surface area contributed by atoms with Crippen molar-refractivity contribution in [2.24, 2.45) is 16.6 Å². The first-order valence-corrected chi connectivity index (χ1v) is 5.75. The molecule has 0 aliphatic heterocycles. The molecule has 0 aromatic heterocycles. The Hall–Kier alpha value is -0.570. The van der Waals surface area contributed by atoms with E-state index in [1.165, 1.54) is 0 Å². The molecule has 1 rings (SSSR count). The number of aliphatic carboxylic acids is 1. The van der Waals surface area contributed by atoms with Crippen LogP contribution in [0.1, 0.15) is 52.9 Å². The molecule has 0 aromatic rings. The number of carbonyl (C=O) groups is 1. The van der Waals surface area contributed by atoms with Crippen LogP contribution in [0.25, 0.3) is 0 Å². The summed E-state index contributed by atoms with van der Waals surface area (Å²) in [5.74, 6) is -0.716. The third-order valence-corrected chi connectivity index (χ3v) is 4.07. The second-order valence-electron chi connectivity index (χ2n) is 5.89. The molecule has 15 heavy (non-hydrogen) atoms. The molecule has 0 heterocycles. The van der Waals surface area contributed by atoms with Gasteiger partial charge in [-0.2, -0.15) is 0 Å². The van der Waals surface area contributed by atoms with Crippen molar-refractivity contribution in [2.45, 2.75) is 58.9 Å². The zero-order chi connectivity index (χ0) is 11.7. The fourth-order valence-electron chi connectivity index (χ4n) is 2.52. The van der Waals surface area contributed by atoms with Gasteiger partial charge in [0.1, 0.15) is 0 Å². The molecule has 3 N–H and O–H groups in total. The van der Waals surface area contributed by atoms with Crippen molar-refractivity contribution in [1.82, 2.24) is 0 Å². The molecule has 3 nitrogen and oxygen atoms in total. The minimum Gasteiger partial charge on any atom is -0.481 e. The van der Waals surface area contributed by atoms with E-state index in [2.05, 4.69) is 13.8 Å². The highest BCUT2D eigenvalue weighted by Gasteiger charge is 2.42. The predicted molar refractivity (Wildman–Crippen MR) is 60.6 cm³/mol. The van der Waals surface area contributed by atoms with E-state index in [-0.39, 0.29) is 17.9 Å². The van der Waals surface area contributed by atoms with Gasteiger partial charge in [0.25, 0.3) is 0 Å². The summed E-state index contributed by atoms with van der Waals surface area (Å²) in [6, 6.07) is -0.0234. The van der Waals surface area contributed by atoms with Gasteiger partial charge in [-0.15, -0.1) is 0 Å². The fourth-order valence-corrected chi connectivity index (χ4v) is 2.52. The van der Waals surface area contributed by atoms with Crippen LogP contribution in [0.4, 0.5) is 0 Å². The molecule has 1 atom stereocenters. The zero-order valence-corrected chi connectivity index (χ0v) is 10.0. The van der Waals surface area contributed by atoms with Crippen molar-refractivity contribution < 1.29 is 9.90 Å². The molecule has 0 spiro atoms. The lowest BCUT2D eigenvalue weighted by Gasteiger charge is -2.45. The predicted octanol–water partition coefficient (Wildman–Crippen LogP) is 2.39. The highest BCUT2D eigenvalue weighted by atomic mass is 16.4. The van der Waals surface area contributed by atoms with Gasteiger partial charge in [-0.3, -0.25) is 4.79 Å². The lowest BCUT2D eigenvalue weighted by Crippen LogP contribution is -2.45. The minimum absolute atomic E-state index is 0.0234. The largest absolute Gasteiger partial charge is 0.481 e.